The number of hydrogen-bond acceptors (Lipinski definition) is 5. The van der Waals surface area contributed by atoms with E-state index in [0.717, 1.165) is 10.6 Å². The molecule has 0 spiro atoms. The highest BCUT2D eigenvalue weighted by Crippen LogP contribution is 2.37. The molecule has 2 aromatic rings. The van der Waals surface area contributed by atoms with Crippen molar-refractivity contribution in [2.75, 3.05) is 29.0 Å². The van der Waals surface area contributed by atoms with Crippen LogP contribution in [0.4, 0.5) is 11.4 Å². The molecule has 1 atom stereocenters. The van der Waals surface area contributed by atoms with Crippen molar-refractivity contribution in [2.45, 2.75) is 20.0 Å². The zero-order valence-corrected chi connectivity index (χ0v) is 19.0. The van der Waals surface area contributed by atoms with Crippen LogP contribution in [0.25, 0.3) is 0 Å². The Morgan fingerprint density at radius 2 is 1.94 bits per heavy atom. The fourth-order valence-electron chi connectivity index (χ4n) is 3.07. The Bertz CT molecular complexity index is 1100. The molecule has 166 valence electrons. The second-order valence-electron chi connectivity index (χ2n) is 7.65. The molecule has 0 saturated heterocycles. The number of benzene rings is 2. The summed E-state index contributed by atoms with van der Waals surface area (Å²) in [6, 6.07) is 11.1. The molecule has 0 fully saturated rings. The van der Waals surface area contributed by atoms with E-state index < -0.39 is 22.0 Å². The molecule has 3 rings (SSSR count). The smallest absolute Gasteiger partial charge is 0.267 e. The highest BCUT2D eigenvalue weighted by Gasteiger charge is 2.35. The van der Waals surface area contributed by atoms with Gasteiger partial charge in [0.15, 0.2) is 6.10 Å². The number of hydrogen-bond donors (Lipinski definition) is 2. The molecular formula is C21H24ClN3O5S. The normalized spacial score (nSPS) is 15.8. The van der Waals surface area contributed by atoms with Crippen LogP contribution in [0.15, 0.2) is 42.5 Å². The van der Waals surface area contributed by atoms with Crippen LogP contribution in [-0.4, -0.2) is 45.7 Å². The predicted molar refractivity (Wildman–Crippen MR) is 120 cm³/mol. The summed E-state index contributed by atoms with van der Waals surface area (Å²) in [6.07, 6.45) is -0.0676. The van der Waals surface area contributed by atoms with Crippen molar-refractivity contribution in [3.63, 3.8) is 0 Å². The van der Waals surface area contributed by atoms with E-state index in [1.165, 1.54) is 12.1 Å². The monoisotopic (exact) mass is 465 g/mol. The molecule has 10 heteroatoms. The minimum absolute atomic E-state index is 0.222. The summed E-state index contributed by atoms with van der Waals surface area (Å²) in [5.41, 5.74) is 0.886. The van der Waals surface area contributed by atoms with E-state index in [0.29, 0.717) is 22.8 Å². The number of sulfonamides is 1. The summed E-state index contributed by atoms with van der Waals surface area (Å²) >= 11 is 6.00. The molecule has 0 unspecified atom stereocenters. The Morgan fingerprint density at radius 1 is 1.23 bits per heavy atom. The Balaban J connectivity index is 1.83. The van der Waals surface area contributed by atoms with Crippen molar-refractivity contribution >= 4 is 44.8 Å². The summed E-state index contributed by atoms with van der Waals surface area (Å²) in [6.45, 7) is 4.23. The van der Waals surface area contributed by atoms with Crippen molar-refractivity contribution in [3.8, 4) is 5.75 Å². The minimum Gasteiger partial charge on any atom is -0.476 e. The number of carbonyl (C=O) groups is 2. The van der Waals surface area contributed by atoms with Crippen molar-refractivity contribution in [3.05, 3.63) is 53.1 Å². The largest absolute Gasteiger partial charge is 0.476 e. The third kappa shape index (κ3) is 5.48. The SMILES string of the molecule is CC(C)CNC(=O)c1ccccc1NC(=O)[C@H]1CN(S(C)(=O)=O)c2cc(Cl)ccc2O1. The fraction of sp³-hybridized carbons (Fsp3) is 0.333. The molecule has 0 bridgehead atoms. The van der Waals surface area contributed by atoms with E-state index in [9.17, 15) is 18.0 Å². The van der Waals surface area contributed by atoms with E-state index in [-0.39, 0.29) is 29.8 Å². The second kappa shape index (κ2) is 9.15. The van der Waals surface area contributed by atoms with Crippen molar-refractivity contribution in [1.82, 2.24) is 5.32 Å². The van der Waals surface area contributed by atoms with Crippen LogP contribution >= 0.6 is 11.6 Å². The third-order valence-electron chi connectivity index (χ3n) is 4.58. The van der Waals surface area contributed by atoms with E-state index in [1.807, 2.05) is 13.8 Å². The van der Waals surface area contributed by atoms with Gasteiger partial charge in [0.1, 0.15) is 5.75 Å². The van der Waals surface area contributed by atoms with Gasteiger partial charge in [-0.2, -0.15) is 0 Å². The third-order valence-corrected chi connectivity index (χ3v) is 5.97. The van der Waals surface area contributed by atoms with E-state index in [2.05, 4.69) is 10.6 Å². The minimum atomic E-state index is -3.68. The number of anilines is 2. The van der Waals surface area contributed by atoms with Gasteiger partial charge in [0, 0.05) is 11.6 Å². The first-order valence-corrected chi connectivity index (χ1v) is 11.9. The zero-order chi connectivity index (χ0) is 22.8. The summed E-state index contributed by atoms with van der Waals surface area (Å²) in [7, 11) is -3.68. The van der Waals surface area contributed by atoms with Crippen molar-refractivity contribution in [1.29, 1.82) is 0 Å². The lowest BCUT2D eigenvalue weighted by atomic mass is 10.1. The molecule has 0 saturated carbocycles. The van der Waals surface area contributed by atoms with E-state index in [4.69, 9.17) is 16.3 Å². The van der Waals surface area contributed by atoms with Gasteiger partial charge in [-0.3, -0.25) is 13.9 Å². The molecule has 2 aromatic carbocycles. The maximum Gasteiger partial charge on any atom is 0.267 e. The Labute approximate surface area is 186 Å². The average Bonchev–Trinajstić information content (AvgIpc) is 2.70. The number of carbonyl (C=O) groups excluding carboxylic acids is 2. The predicted octanol–water partition coefficient (Wildman–Crippen LogP) is 2.89. The first kappa shape index (κ1) is 22.9. The van der Waals surface area contributed by atoms with Gasteiger partial charge in [-0.25, -0.2) is 8.42 Å². The summed E-state index contributed by atoms with van der Waals surface area (Å²) in [5, 5.41) is 5.85. The fourth-order valence-corrected chi connectivity index (χ4v) is 4.14. The topological polar surface area (TPSA) is 105 Å². The molecule has 0 aliphatic carbocycles. The van der Waals surface area contributed by atoms with Gasteiger partial charge in [-0.1, -0.05) is 37.6 Å². The number of nitrogens with one attached hydrogen (secondary N) is 2. The van der Waals surface area contributed by atoms with Crippen LogP contribution in [0.5, 0.6) is 5.75 Å². The number of rotatable bonds is 6. The van der Waals surface area contributed by atoms with Crippen LogP contribution in [-0.2, 0) is 14.8 Å². The first-order valence-electron chi connectivity index (χ1n) is 9.68. The number of amides is 2. The maximum absolute atomic E-state index is 12.9. The van der Waals surface area contributed by atoms with Crippen molar-refractivity contribution in [2.24, 2.45) is 5.92 Å². The molecule has 0 aromatic heterocycles. The summed E-state index contributed by atoms with van der Waals surface area (Å²) < 4.78 is 31.4. The zero-order valence-electron chi connectivity index (χ0n) is 17.4. The number of fused-ring (bicyclic) bond motifs is 1. The Hall–Kier alpha value is -2.78. The first-order chi connectivity index (χ1) is 14.6. The highest BCUT2D eigenvalue weighted by atomic mass is 35.5. The van der Waals surface area contributed by atoms with Crippen molar-refractivity contribution < 1.29 is 22.7 Å². The number of ether oxygens (including phenoxy) is 1. The van der Waals surface area contributed by atoms with Crippen LogP contribution in [0.2, 0.25) is 5.02 Å². The van der Waals surface area contributed by atoms with Gasteiger partial charge < -0.3 is 15.4 Å². The Kier molecular flexibility index (Phi) is 6.76. The molecular weight excluding hydrogens is 442 g/mol. The van der Waals surface area contributed by atoms with Gasteiger partial charge in [0.2, 0.25) is 10.0 Å². The maximum atomic E-state index is 12.9. The molecule has 2 amide bonds. The van der Waals surface area contributed by atoms with Gasteiger partial charge in [0.05, 0.1) is 29.7 Å². The lowest BCUT2D eigenvalue weighted by Gasteiger charge is -2.34. The average molecular weight is 466 g/mol. The van der Waals surface area contributed by atoms with Gasteiger partial charge in [-0.05, 0) is 36.2 Å². The summed E-state index contributed by atoms with van der Waals surface area (Å²) in [5.74, 6) is -0.383. The standard InChI is InChI=1S/C21H24ClN3O5S/c1-13(2)11-23-20(26)15-6-4-5-7-16(15)24-21(27)19-12-25(31(3,28)29)17-10-14(22)8-9-18(17)30-19/h4-10,13,19H,11-12H2,1-3H3,(H,23,26)(H,24,27)/t19-/m1/s1. The number of halogens is 1. The molecule has 1 heterocycles. The Morgan fingerprint density at radius 3 is 2.61 bits per heavy atom. The molecule has 0 radical (unpaired) electrons. The van der Waals surface area contributed by atoms with Gasteiger partial charge in [-0.15, -0.1) is 0 Å². The van der Waals surface area contributed by atoms with E-state index in [1.54, 1.807) is 30.3 Å². The van der Waals surface area contributed by atoms with Crippen LogP contribution < -0.4 is 19.7 Å². The molecule has 1 aliphatic rings. The van der Waals surface area contributed by atoms with Crippen LogP contribution in [0, 0.1) is 5.92 Å². The summed E-state index contributed by atoms with van der Waals surface area (Å²) in [4.78, 5) is 25.5. The molecule has 31 heavy (non-hydrogen) atoms. The highest BCUT2D eigenvalue weighted by molar-refractivity contribution is 7.92. The second-order valence-corrected chi connectivity index (χ2v) is 9.99. The number of nitrogens with zero attached hydrogens (tertiary/aromatic N) is 1. The van der Waals surface area contributed by atoms with Gasteiger partial charge in [0.25, 0.3) is 11.8 Å². The van der Waals surface area contributed by atoms with Crippen LogP contribution in [0.3, 0.4) is 0 Å². The van der Waals surface area contributed by atoms with E-state index >= 15 is 0 Å². The molecule has 2 N–H and O–H groups in total. The quantitative estimate of drug-likeness (QED) is 0.682. The lowest BCUT2D eigenvalue weighted by molar-refractivity contribution is -0.122. The molecule has 8 nitrogen and oxygen atoms in total. The number of para-hydroxylation sites is 1. The molecule has 1 aliphatic heterocycles. The van der Waals surface area contributed by atoms with Crippen LogP contribution in [0.1, 0.15) is 24.2 Å². The van der Waals surface area contributed by atoms with Gasteiger partial charge >= 0.3 is 0 Å². The lowest BCUT2D eigenvalue weighted by Crippen LogP contribution is -2.48.